The Bertz CT molecular complexity index is 1070. The van der Waals surface area contributed by atoms with Crippen LogP contribution in [0.2, 0.25) is 0 Å². The van der Waals surface area contributed by atoms with Crippen LogP contribution in [0.5, 0.6) is 0 Å². The molecule has 7 nitrogen and oxygen atoms in total. The minimum Gasteiger partial charge on any atom is -0.461 e. The fourth-order valence-corrected chi connectivity index (χ4v) is 2.98. The van der Waals surface area contributed by atoms with E-state index in [-0.39, 0.29) is 24.3 Å². The fourth-order valence-electron chi connectivity index (χ4n) is 2.98. The number of aryl methyl sites for hydroxylation is 1. The molecule has 0 fully saturated rings. The molecule has 2 rings (SSSR count). The van der Waals surface area contributed by atoms with E-state index in [4.69, 9.17) is 0 Å². The first kappa shape index (κ1) is 25.9. The molecule has 1 heterocycles. The number of ether oxygens (including phenoxy) is 2. The van der Waals surface area contributed by atoms with Gasteiger partial charge in [0.1, 0.15) is 12.1 Å². The monoisotopic (exact) mass is 480 g/mol. The van der Waals surface area contributed by atoms with Gasteiger partial charge in [0.25, 0.3) is 0 Å². The van der Waals surface area contributed by atoms with Crippen molar-refractivity contribution in [3.8, 4) is 0 Å². The lowest BCUT2D eigenvalue weighted by Gasteiger charge is -2.12. The van der Waals surface area contributed by atoms with Crippen LogP contribution in [0, 0.1) is 6.92 Å². The third-order valence-corrected chi connectivity index (χ3v) is 4.32. The molecule has 0 saturated carbocycles. The van der Waals surface area contributed by atoms with Gasteiger partial charge in [-0.2, -0.15) is 31.4 Å². The molecule has 180 valence electrons. The number of nitrogens with zero attached hydrogens (tertiary/aromatic N) is 2. The Kier molecular flexibility index (Phi) is 7.55. The lowest BCUT2D eigenvalue weighted by Crippen LogP contribution is -2.22. The van der Waals surface area contributed by atoms with Gasteiger partial charge < -0.3 is 9.47 Å². The van der Waals surface area contributed by atoms with Gasteiger partial charge in [0.05, 0.1) is 18.8 Å². The van der Waals surface area contributed by atoms with E-state index in [1.807, 2.05) is 0 Å². The minimum absolute atomic E-state index is 0.267. The molecule has 0 unspecified atom stereocenters. The Morgan fingerprint density at radius 2 is 1.52 bits per heavy atom. The van der Waals surface area contributed by atoms with Crippen LogP contribution >= 0.6 is 0 Å². The van der Waals surface area contributed by atoms with Crippen molar-refractivity contribution < 1.29 is 50.2 Å². The number of Topliss-reactive ketones (excluding diaryl/α,β-unsaturated/α-hetero) is 1. The van der Waals surface area contributed by atoms with E-state index in [2.05, 4.69) is 14.6 Å². The molecule has 0 amide bonds. The number of alkyl halides is 6. The molecular weight excluding hydrogens is 462 g/mol. The second-order valence-electron chi connectivity index (χ2n) is 6.62. The van der Waals surface area contributed by atoms with Crippen LogP contribution in [0.15, 0.2) is 18.2 Å². The van der Waals surface area contributed by atoms with Gasteiger partial charge in [0.15, 0.2) is 17.2 Å². The van der Waals surface area contributed by atoms with Gasteiger partial charge >= 0.3 is 24.3 Å². The molecule has 13 heteroatoms. The van der Waals surface area contributed by atoms with Crippen molar-refractivity contribution in [3.05, 3.63) is 51.8 Å². The van der Waals surface area contributed by atoms with Gasteiger partial charge in [-0.25, -0.2) is 14.3 Å². The Hall–Kier alpha value is -3.38. The average molecular weight is 480 g/mol. The molecule has 0 radical (unpaired) electrons. The van der Waals surface area contributed by atoms with E-state index >= 15 is 0 Å². The molecule has 0 atom stereocenters. The first-order valence-corrected chi connectivity index (χ1v) is 9.45. The van der Waals surface area contributed by atoms with E-state index in [0.717, 1.165) is 19.1 Å². The first-order valence-electron chi connectivity index (χ1n) is 9.45. The summed E-state index contributed by atoms with van der Waals surface area (Å²) in [6, 6.07) is 2.42. The molecule has 1 aromatic heterocycles. The Morgan fingerprint density at radius 3 is 2.00 bits per heavy atom. The van der Waals surface area contributed by atoms with E-state index in [9.17, 15) is 40.7 Å². The molecule has 0 bridgehead atoms. The van der Waals surface area contributed by atoms with Gasteiger partial charge in [-0.1, -0.05) is 6.07 Å². The highest BCUT2D eigenvalue weighted by molar-refractivity contribution is 5.99. The number of hydrogen-bond acceptors (Lipinski definition) is 6. The number of esters is 2. The molecule has 0 aliphatic carbocycles. The van der Waals surface area contributed by atoms with Crippen molar-refractivity contribution in [2.45, 2.75) is 39.7 Å². The summed E-state index contributed by atoms with van der Waals surface area (Å²) in [5.74, 6) is -3.93. The van der Waals surface area contributed by atoms with Crippen LogP contribution in [-0.4, -0.2) is 40.7 Å². The molecule has 1 aromatic carbocycles. The minimum atomic E-state index is -5.24. The summed E-state index contributed by atoms with van der Waals surface area (Å²) in [7, 11) is 0. The van der Waals surface area contributed by atoms with Crippen molar-refractivity contribution in [3.63, 3.8) is 0 Å². The number of benzene rings is 1. The zero-order valence-corrected chi connectivity index (χ0v) is 17.6. The molecule has 0 aliphatic rings. The maximum atomic E-state index is 13.7. The van der Waals surface area contributed by atoms with Gasteiger partial charge in [-0.3, -0.25) is 4.79 Å². The summed E-state index contributed by atoms with van der Waals surface area (Å²) in [6.07, 6.45) is -9.91. The lowest BCUT2D eigenvalue weighted by atomic mass is 10.0. The lowest BCUT2D eigenvalue weighted by molar-refractivity contribution is -0.139. The van der Waals surface area contributed by atoms with E-state index < -0.39 is 59.1 Å². The van der Waals surface area contributed by atoms with Crippen LogP contribution in [0.1, 0.15) is 61.9 Å². The van der Waals surface area contributed by atoms with Crippen LogP contribution in [0.3, 0.4) is 0 Å². The highest BCUT2D eigenvalue weighted by Gasteiger charge is 2.45. The van der Waals surface area contributed by atoms with Crippen molar-refractivity contribution in [1.29, 1.82) is 0 Å². The Labute approximate surface area is 183 Å². The molecule has 0 aliphatic heterocycles. The molecular formula is C20H18F6N2O5. The number of hydrogen-bond donors (Lipinski definition) is 0. The fraction of sp³-hybridized carbons (Fsp3) is 0.400. The average Bonchev–Trinajstić information content (AvgIpc) is 3.07. The van der Waals surface area contributed by atoms with Crippen LogP contribution < -0.4 is 0 Å². The summed E-state index contributed by atoms with van der Waals surface area (Å²) in [5, 5.41) is 3.46. The van der Waals surface area contributed by atoms with Crippen LogP contribution in [0.4, 0.5) is 26.3 Å². The van der Waals surface area contributed by atoms with Crippen molar-refractivity contribution in [2.75, 3.05) is 13.2 Å². The van der Waals surface area contributed by atoms with E-state index in [1.54, 1.807) is 0 Å². The van der Waals surface area contributed by atoms with Crippen molar-refractivity contribution in [1.82, 2.24) is 9.78 Å². The van der Waals surface area contributed by atoms with E-state index in [1.165, 1.54) is 13.8 Å². The Morgan fingerprint density at radius 1 is 0.939 bits per heavy atom. The predicted molar refractivity (Wildman–Crippen MR) is 99.7 cm³/mol. The van der Waals surface area contributed by atoms with Gasteiger partial charge in [0, 0.05) is 5.56 Å². The number of halogens is 6. The summed E-state index contributed by atoms with van der Waals surface area (Å²) < 4.78 is 89.5. The zero-order valence-electron chi connectivity index (χ0n) is 17.6. The Balaban J connectivity index is 2.59. The smallest absolute Gasteiger partial charge is 0.421 e. The highest BCUT2D eigenvalue weighted by atomic mass is 19.4. The molecule has 0 saturated heterocycles. The number of ketones is 1. The van der Waals surface area contributed by atoms with Crippen LogP contribution in [0.25, 0.3) is 0 Å². The summed E-state index contributed by atoms with van der Waals surface area (Å²) in [4.78, 5) is 37.0. The number of carbonyl (C=O) groups is 3. The summed E-state index contributed by atoms with van der Waals surface area (Å²) in [6.45, 7) is 2.18. The van der Waals surface area contributed by atoms with Gasteiger partial charge in [-0.05, 0) is 38.5 Å². The van der Waals surface area contributed by atoms with Gasteiger partial charge in [0.2, 0.25) is 0 Å². The normalized spacial score (nSPS) is 11.9. The predicted octanol–water partition coefficient (Wildman–Crippen LogP) is 4.47. The standard InChI is InChI=1S/C20H18F6N2O5/c1-4-32-17(30)15-14(20(24,25)26)16(18(31)33-5-2)28(27-15)9-13(29)11-6-7-12(10(3)8-11)19(21,22)23/h6-8H,4-5,9H2,1-3H3. The topological polar surface area (TPSA) is 87.5 Å². The quantitative estimate of drug-likeness (QED) is 0.330. The number of rotatable bonds is 7. The molecule has 2 aromatic rings. The largest absolute Gasteiger partial charge is 0.461 e. The van der Waals surface area contributed by atoms with Crippen molar-refractivity contribution >= 4 is 17.7 Å². The SMILES string of the molecule is CCOC(=O)c1nn(CC(=O)c2ccc(C(F)(F)F)c(C)c2)c(C(=O)OCC)c1C(F)(F)F. The summed E-state index contributed by atoms with van der Waals surface area (Å²) in [5.41, 5.74) is -5.74. The maximum Gasteiger partial charge on any atom is 0.421 e. The number of carbonyl (C=O) groups excluding carboxylic acids is 3. The second kappa shape index (κ2) is 9.63. The molecule has 0 spiro atoms. The summed E-state index contributed by atoms with van der Waals surface area (Å²) >= 11 is 0. The molecule has 33 heavy (non-hydrogen) atoms. The second-order valence-corrected chi connectivity index (χ2v) is 6.62. The van der Waals surface area contributed by atoms with Gasteiger partial charge in [-0.15, -0.1) is 0 Å². The third-order valence-electron chi connectivity index (χ3n) is 4.32. The molecule has 0 N–H and O–H groups in total. The third kappa shape index (κ3) is 5.71. The van der Waals surface area contributed by atoms with Crippen LogP contribution in [-0.2, 0) is 28.4 Å². The van der Waals surface area contributed by atoms with E-state index in [0.29, 0.717) is 10.7 Å². The first-order chi connectivity index (χ1) is 15.2. The number of aromatic nitrogens is 2. The highest BCUT2D eigenvalue weighted by Crippen LogP contribution is 2.36. The zero-order chi connectivity index (χ0) is 25.1. The maximum absolute atomic E-state index is 13.7. The van der Waals surface area contributed by atoms with Crippen molar-refractivity contribution in [2.24, 2.45) is 0 Å².